The van der Waals surface area contributed by atoms with Crippen molar-refractivity contribution in [3.63, 3.8) is 0 Å². The molecule has 5 rings (SSSR count). The van der Waals surface area contributed by atoms with Crippen LogP contribution in [0, 0.1) is 39.4 Å². The quantitative estimate of drug-likeness (QED) is 0.232. The number of aliphatic imine (C=N–C) groups is 1. The molecular weight excluding hydrogens is 519 g/mol. The first-order chi connectivity index (χ1) is 18.2. The van der Waals surface area contributed by atoms with Gasteiger partial charge in [0.15, 0.2) is 0 Å². The van der Waals surface area contributed by atoms with E-state index in [4.69, 9.17) is 4.99 Å². The summed E-state index contributed by atoms with van der Waals surface area (Å²) in [6.45, 7) is 0. The van der Waals surface area contributed by atoms with E-state index in [0.717, 1.165) is 22.3 Å². The SMILES string of the molecule is N#CC1=C(N=C(c2ccccc2)c2ccccc2)[Se]C(c2ccccc2)(c2ccccc2)C1(C#N)C#N. The van der Waals surface area contributed by atoms with Gasteiger partial charge in [0.25, 0.3) is 0 Å². The Labute approximate surface area is 222 Å². The van der Waals surface area contributed by atoms with Crippen molar-refractivity contribution in [2.75, 3.05) is 0 Å². The van der Waals surface area contributed by atoms with E-state index < -0.39 is 24.7 Å². The van der Waals surface area contributed by atoms with Gasteiger partial charge in [0.05, 0.1) is 0 Å². The molecule has 0 saturated carbocycles. The number of nitrogens with zero attached hydrogens (tertiary/aromatic N) is 4. The van der Waals surface area contributed by atoms with Gasteiger partial charge in [-0.25, -0.2) is 0 Å². The summed E-state index contributed by atoms with van der Waals surface area (Å²) in [6.07, 6.45) is 0. The zero-order valence-electron chi connectivity index (χ0n) is 19.7. The number of benzene rings is 4. The van der Waals surface area contributed by atoms with Crippen LogP contribution in [0.2, 0.25) is 0 Å². The number of rotatable bonds is 5. The molecule has 4 nitrogen and oxygen atoms in total. The fraction of sp³-hybridized carbons (Fsp3) is 0.0625. The Balaban J connectivity index is 1.84. The molecule has 0 atom stereocenters. The first kappa shape index (κ1) is 24.0. The average molecular weight is 540 g/mol. The van der Waals surface area contributed by atoms with Gasteiger partial charge in [0, 0.05) is 0 Å². The molecule has 0 bridgehead atoms. The fourth-order valence-electron chi connectivity index (χ4n) is 4.77. The van der Waals surface area contributed by atoms with Crippen molar-refractivity contribution in [3.05, 3.63) is 154 Å². The Morgan fingerprint density at radius 3 is 1.38 bits per heavy atom. The molecule has 0 radical (unpaired) electrons. The number of allylic oxidation sites excluding steroid dienone is 1. The predicted molar refractivity (Wildman–Crippen MR) is 144 cm³/mol. The van der Waals surface area contributed by atoms with Gasteiger partial charge in [-0.3, -0.25) is 0 Å². The second kappa shape index (κ2) is 10.1. The molecule has 0 spiro atoms. The summed E-state index contributed by atoms with van der Waals surface area (Å²) in [4.78, 5) is 5.11. The Bertz CT molecular complexity index is 1510. The van der Waals surface area contributed by atoms with E-state index in [-0.39, 0.29) is 5.57 Å². The molecular formula is C32H20N4Se. The Kier molecular flexibility index (Phi) is 6.55. The molecule has 5 heteroatoms. The monoisotopic (exact) mass is 540 g/mol. The predicted octanol–water partition coefficient (Wildman–Crippen LogP) is 5.95. The summed E-state index contributed by atoms with van der Waals surface area (Å²) in [5.41, 5.74) is 2.52. The summed E-state index contributed by atoms with van der Waals surface area (Å²) in [7, 11) is 0. The third-order valence-electron chi connectivity index (χ3n) is 6.48. The summed E-state index contributed by atoms with van der Waals surface area (Å²) in [5, 5.41) is 31.8. The van der Waals surface area contributed by atoms with Gasteiger partial charge in [-0.15, -0.1) is 0 Å². The van der Waals surface area contributed by atoms with Crippen LogP contribution in [0.3, 0.4) is 0 Å². The van der Waals surface area contributed by atoms with Crippen molar-refractivity contribution >= 4 is 20.7 Å². The number of nitriles is 3. The molecule has 1 heterocycles. The summed E-state index contributed by atoms with van der Waals surface area (Å²) in [5.74, 6) is 0. The van der Waals surface area contributed by atoms with Crippen molar-refractivity contribution in [3.8, 4) is 18.2 Å². The van der Waals surface area contributed by atoms with Gasteiger partial charge in [0.2, 0.25) is 0 Å². The van der Waals surface area contributed by atoms with E-state index in [9.17, 15) is 15.8 Å². The van der Waals surface area contributed by atoms with Crippen LogP contribution >= 0.6 is 0 Å². The minimum absolute atomic E-state index is 0.120. The fourth-order valence-corrected chi connectivity index (χ4v) is 8.09. The van der Waals surface area contributed by atoms with Crippen molar-refractivity contribution in [2.24, 2.45) is 10.4 Å². The van der Waals surface area contributed by atoms with E-state index in [0.29, 0.717) is 10.3 Å². The average Bonchev–Trinajstić information content (AvgIpc) is 3.28. The topological polar surface area (TPSA) is 83.7 Å². The molecule has 4 aromatic rings. The van der Waals surface area contributed by atoms with Gasteiger partial charge in [-0.2, -0.15) is 0 Å². The molecule has 0 aliphatic carbocycles. The van der Waals surface area contributed by atoms with Crippen LogP contribution < -0.4 is 0 Å². The molecule has 1 aliphatic rings. The maximum atomic E-state index is 10.7. The van der Waals surface area contributed by atoms with Crippen LogP contribution in [0.25, 0.3) is 0 Å². The van der Waals surface area contributed by atoms with Gasteiger partial charge in [-0.1, -0.05) is 0 Å². The molecule has 0 amide bonds. The first-order valence-electron chi connectivity index (χ1n) is 11.7. The molecule has 174 valence electrons. The molecule has 0 saturated heterocycles. The van der Waals surface area contributed by atoms with Crippen LogP contribution in [0.15, 0.2) is 136 Å². The second-order valence-corrected chi connectivity index (χ2v) is 11.0. The van der Waals surface area contributed by atoms with Crippen LogP contribution in [-0.4, -0.2) is 20.7 Å². The van der Waals surface area contributed by atoms with Gasteiger partial charge < -0.3 is 0 Å². The van der Waals surface area contributed by atoms with E-state index >= 15 is 0 Å². The van der Waals surface area contributed by atoms with Crippen molar-refractivity contribution in [1.29, 1.82) is 15.8 Å². The van der Waals surface area contributed by atoms with Gasteiger partial charge in [-0.05, 0) is 0 Å². The molecule has 0 N–H and O–H groups in total. The van der Waals surface area contributed by atoms with Crippen LogP contribution in [0.4, 0.5) is 0 Å². The zero-order valence-corrected chi connectivity index (χ0v) is 21.5. The molecule has 37 heavy (non-hydrogen) atoms. The third kappa shape index (κ3) is 3.87. The Hall–Kier alpha value is -4.72. The second-order valence-electron chi connectivity index (χ2n) is 8.47. The molecule has 0 unspecified atom stereocenters. The van der Waals surface area contributed by atoms with Crippen molar-refractivity contribution < 1.29 is 0 Å². The van der Waals surface area contributed by atoms with E-state index in [1.807, 2.05) is 121 Å². The normalized spacial score (nSPS) is 15.2. The van der Waals surface area contributed by atoms with Crippen LogP contribution in [0.1, 0.15) is 22.3 Å². The maximum absolute atomic E-state index is 10.7. The number of hydrogen-bond acceptors (Lipinski definition) is 4. The van der Waals surface area contributed by atoms with Crippen molar-refractivity contribution in [2.45, 2.75) is 4.31 Å². The summed E-state index contributed by atoms with van der Waals surface area (Å²) >= 11 is -0.568. The summed E-state index contributed by atoms with van der Waals surface area (Å²) in [6, 6.07) is 45.6. The van der Waals surface area contributed by atoms with E-state index in [2.05, 4.69) is 18.2 Å². The summed E-state index contributed by atoms with van der Waals surface area (Å²) < 4.78 is -0.539. The first-order valence-corrected chi connectivity index (χ1v) is 13.4. The van der Waals surface area contributed by atoms with E-state index in [1.165, 1.54) is 0 Å². The van der Waals surface area contributed by atoms with Crippen molar-refractivity contribution in [1.82, 2.24) is 0 Å². The van der Waals surface area contributed by atoms with Crippen LogP contribution in [0.5, 0.6) is 0 Å². The van der Waals surface area contributed by atoms with Gasteiger partial charge in [0.1, 0.15) is 0 Å². The molecule has 1 aliphatic heterocycles. The Morgan fingerprint density at radius 1 is 0.595 bits per heavy atom. The zero-order chi connectivity index (χ0) is 25.7. The molecule has 0 fully saturated rings. The third-order valence-corrected chi connectivity index (χ3v) is 9.78. The number of hydrogen-bond donors (Lipinski definition) is 0. The molecule has 4 aromatic carbocycles. The van der Waals surface area contributed by atoms with E-state index in [1.54, 1.807) is 0 Å². The van der Waals surface area contributed by atoms with Crippen LogP contribution in [-0.2, 0) is 4.31 Å². The minimum atomic E-state index is -1.73. The molecule has 0 aromatic heterocycles. The Morgan fingerprint density at radius 2 is 1.00 bits per heavy atom. The standard InChI is InChI=1S/C32H20N4Se/c33-21-28-30(36-29(24-13-5-1-6-14-24)25-15-7-2-8-16-25)37-32(31(28,22-34)23-35,26-17-9-3-10-18-26)27-19-11-4-12-20-27/h1-20H. The van der Waals surface area contributed by atoms with Gasteiger partial charge >= 0.3 is 223 Å².